The van der Waals surface area contributed by atoms with Gasteiger partial charge in [0, 0.05) is 24.6 Å². The van der Waals surface area contributed by atoms with Gasteiger partial charge in [0.2, 0.25) is 5.88 Å². The van der Waals surface area contributed by atoms with E-state index in [9.17, 15) is 18.0 Å². The number of aromatic nitrogens is 1. The Labute approximate surface area is 154 Å². The number of urea groups is 1. The maximum atomic E-state index is 12.7. The van der Waals surface area contributed by atoms with Crippen molar-refractivity contribution in [3.63, 3.8) is 0 Å². The molecule has 1 aliphatic heterocycles. The lowest BCUT2D eigenvalue weighted by atomic mass is 9.92. The molecule has 1 aliphatic rings. The SMILES string of the molecule is CC(C)(C)c1cc(NC(=O)N2CCCN2c2ccc(C(F)(F)F)cc2)on1. The summed E-state index contributed by atoms with van der Waals surface area (Å²) in [6, 6.07) is 5.98. The third-order valence-corrected chi connectivity index (χ3v) is 4.27. The van der Waals surface area contributed by atoms with Crippen LogP contribution >= 0.6 is 0 Å². The average molecular weight is 382 g/mol. The summed E-state index contributed by atoms with van der Waals surface area (Å²) in [6.45, 7) is 6.91. The van der Waals surface area contributed by atoms with E-state index >= 15 is 0 Å². The largest absolute Gasteiger partial charge is 0.416 e. The lowest BCUT2D eigenvalue weighted by molar-refractivity contribution is -0.137. The van der Waals surface area contributed by atoms with E-state index in [-0.39, 0.29) is 11.3 Å². The van der Waals surface area contributed by atoms with E-state index in [4.69, 9.17) is 4.52 Å². The van der Waals surface area contributed by atoms with Gasteiger partial charge in [-0.2, -0.15) is 13.2 Å². The van der Waals surface area contributed by atoms with Gasteiger partial charge >= 0.3 is 12.2 Å². The number of rotatable bonds is 2. The monoisotopic (exact) mass is 382 g/mol. The molecule has 1 N–H and O–H groups in total. The van der Waals surface area contributed by atoms with Crippen LogP contribution in [0, 0.1) is 0 Å². The van der Waals surface area contributed by atoms with Gasteiger partial charge in [0.1, 0.15) is 0 Å². The Kier molecular flexibility index (Phi) is 4.79. The number of hydrogen-bond donors (Lipinski definition) is 1. The molecule has 27 heavy (non-hydrogen) atoms. The van der Waals surface area contributed by atoms with Crippen molar-refractivity contribution in [1.82, 2.24) is 10.2 Å². The second-order valence-corrected chi connectivity index (χ2v) is 7.40. The summed E-state index contributed by atoms with van der Waals surface area (Å²) in [5.41, 5.74) is 0.284. The molecule has 1 saturated heterocycles. The molecule has 0 aliphatic carbocycles. The minimum Gasteiger partial charge on any atom is -0.338 e. The Balaban J connectivity index is 1.72. The van der Waals surface area contributed by atoms with Gasteiger partial charge in [0.15, 0.2) is 0 Å². The zero-order valence-corrected chi connectivity index (χ0v) is 15.3. The van der Waals surface area contributed by atoms with Gasteiger partial charge in [-0.1, -0.05) is 25.9 Å². The van der Waals surface area contributed by atoms with Crippen LogP contribution in [0.2, 0.25) is 0 Å². The van der Waals surface area contributed by atoms with Crippen molar-refractivity contribution in [3.8, 4) is 0 Å². The molecule has 3 rings (SSSR count). The summed E-state index contributed by atoms with van der Waals surface area (Å²) in [4.78, 5) is 12.6. The number of hydrogen-bond acceptors (Lipinski definition) is 4. The topological polar surface area (TPSA) is 61.6 Å². The molecule has 0 saturated carbocycles. The zero-order valence-electron chi connectivity index (χ0n) is 15.3. The molecular weight excluding hydrogens is 361 g/mol. The predicted molar refractivity (Wildman–Crippen MR) is 94.3 cm³/mol. The quantitative estimate of drug-likeness (QED) is 0.821. The lowest BCUT2D eigenvalue weighted by Crippen LogP contribution is -2.43. The van der Waals surface area contributed by atoms with Gasteiger partial charge in [0.05, 0.1) is 16.9 Å². The molecule has 2 aromatic rings. The Morgan fingerprint density at radius 1 is 1.15 bits per heavy atom. The summed E-state index contributed by atoms with van der Waals surface area (Å²) >= 11 is 0. The summed E-state index contributed by atoms with van der Waals surface area (Å²) in [6.07, 6.45) is -3.68. The van der Waals surface area contributed by atoms with Gasteiger partial charge < -0.3 is 4.52 Å². The molecule has 1 aromatic carbocycles. The second-order valence-electron chi connectivity index (χ2n) is 7.40. The van der Waals surface area contributed by atoms with Gasteiger partial charge in [-0.05, 0) is 30.7 Å². The van der Waals surface area contributed by atoms with Crippen LogP contribution in [-0.2, 0) is 11.6 Å². The van der Waals surface area contributed by atoms with Crippen LogP contribution in [0.1, 0.15) is 38.4 Å². The minimum absolute atomic E-state index is 0.216. The Bertz CT molecular complexity index is 809. The van der Waals surface area contributed by atoms with Gasteiger partial charge in [-0.3, -0.25) is 10.3 Å². The normalized spacial score (nSPS) is 15.3. The minimum atomic E-state index is -4.39. The molecule has 6 nitrogen and oxygen atoms in total. The first-order chi connectivity index (χ1) is 12.6. The molecule has 0 bridgehead atoms. The summed E-state index contributed by atoms with van der Waals surface area (Å²) < 4.78 is 43.3. The molecule has 0 atom stereocenters. The Morgan fingerprint density at radius 3 is 2.37 bits per heavy atom. The van der Waals surface area contributed by atoms with Crippen molar-refractivity contribution in [2.75, 3.05) is 23.4 Å². The van der Waals surface area contributed by atoms with Crippen LogP contribution in [0.3, 0.4) is 0 Å². The number of nitrogens with one attached hydrogen (secondary N) is 1. The highest BCUT2D eigenvalue weighted by Gasteiger charge is 2.32. The van der Waals surface area contributed by atoms with E-state index < -0.39 is 17.8 Å². The Hall–Kier alpha value is -2.71. The van der Waals surface area contributed by atoms with Crippen molar-refractivity contribution in [3.05, 3.63) is 41.6 Å². The summed E-state index contributed by atoms with van der Waals surface area (Å²) in [7, 11) is 0. The number of hydrazine groups is 1. The van der Waals surface area contributed by atoms with Gasteiger partial charge in [0.25, 0.3) is 0 Å². The van der Waals surface area contributed by atoms with E-state index in [1.54, 1.807) is 11.1 Å². The van der Waals surface area contributed by atoms with Crippen molar-refractivity contribution in [2.45, 2.75) is 38.8 Å². The van der Waals surface area contributed by atoms with Crippen molar-refractivity contribution < 1.29 is 22.5 Å². The first kappa shape index (κ1) is 19.1. The van der Waals surface area contributed by atoms with Gasteiger partial charge in [-0.15, -0.1) is 0 Å². The van der Waals surface area contributed by atoms with Crippen molar-refractivity contribution in [1.29, 1.82) is 0 Å². The molecule has 0 spiro atoms. The third-order valence-electron chi connectivity index (χ3n) is 4.27. The number of alkyl halides is 3. The first-order valence-electron chi connectivity index (χ1n) is 8.56. The van der Waals surface area contributed by atoms with Crippen LogP contribution in [0.25, 0.3) is 0 Å². The lowest BCUT2D eigenvalue weighted by Gasteiger charge is -2.29. The number of halogens is 3. The molecule has 2 amide bonds. The number of carbonyl (C=O) groups is 1. The number of benzene rings is 1. The molecule has 1 fully saturated rings. The molecule has 0 unspecified atom stereocenters. The van der Waals surface area contributed by atoms with Crippen molar-refractivity contribution in [2.24, 2.45) is 0 Å². The van der Waals surface area contributed by atoms with E-state index in [0.717, 1.165) is 12.1 Å². The van der Waals surface area contributed by atoms with Gasteiger partial charge in [-0.25, -0.2) is 9.80 Å². The smallest absolute Gasteiger partial charge is 0.338 e. The van der Waals surface area contributed by atoms with Crippen LogP contribution in [0.5, 0.6) is 0 Å². The maximum absolute atomic E-state index is 12.7. The third kappa shape index (κ3) is 4.17. The van der Waals surface area contributed by atoms with Crippen LogP contribution in [0.4, 0.5) is 29.5 Å². The van der Waals surface area contributed by atoms with Crippen LogP contribution < -0.4 is 10.3 Å². The fourth-order valence-corrected chi connectivity index (χ4v) is 2.77. The average Bonchev–Trinajstić information content (AvgIpc) is 3.22. The highest BCUT2D eigenvalue weighted by molar-refractivity contribution is 5.89. The van der Waals surface area contributed by atoms with E-state index in [2.05, 4.69) is 10.5 Å². The second kappa shape index (κ2) is 6.79. The molecule has 2 heterocycles. The fraction of sp³-hybridized carbons (Fsp3) is 0.444. The van der Waals surface area contributed by atoms with E-state index in [0.29, 0.717) is 30.9 Å². The van der Waals surface area contributed by atoms with Crippen LogP contribution in [-0.4, -0.2) is 29.3 Å². The fourth-order valence-electron chi connectivity index (χ4n) is 2.77. The van der Waals surface area contributed by atoms with E-state index in [1.807, 2.05) is 20.8 Å². The predicted octanol–water partition coefficient (Wildman–Crippen LogP) is 4.65. The van der Waals surface area contributed by atoms with E-state index in [1.165, 1.54) is 17.1 Å². The zero-order chi connectivity index (χ0) is 19.8. The number of anilines is 2. The maximum Gasteiger partial charge on any atom is 0.416 e. The molecule has 1 aromatic heterocycles. The highest BCUT2D eigenvalue weighted by Crippen LogP contribution is 2.32. The van der Waals surface area contributed by atoms with Crippen LogP contribution in [0.15, 0.2) is 34.9 Å². The number of amides is 2. The standard InChI is InChI=1S/C18H21F3N4O2/c1-17(2,3)14-11-15(27-23-14)22-16(26)25-10-4-9-24(25)13-7-5-12(6-8-13)18(19,20)21/h5-8,11H,4,9-10H2,1-3H3,(H,22,26). The number of carbonyl (C=O) groups excluding carboxylic acids is 1. The highest BCUT2D eigenvalue weighted by atomic mass is 19.4. The summed E-state index contributed by atoms with van der Waals surface area (Å²) in [5, 5.41) is 9.69. The molecule has 9 heteroatoms. The first-order valence-corrected chi connectivity index (χ1v) is 8.56. The molecule has 146 valence electrons. The molecular formula is C18H21F3N4O2. The number of nitrogens with zero attached hydrogens (tertiary/aromatic N) is 3. The van der Waals surface area contributed by atoms with Crippen molar-refractivity contribution >= 4 is 17.6 Å². The Morgan fingerprint density at radius 2 is 1.81 bits per heavy atom. The molecule has 0 radical (unpaired) electrons. The summed E-state index contributed by atoms with van der Waals surface area (Å²) in [5.74, 6) is 0.226.